The zero-order valence-electron chi connectivity index (χ0n) is 15.3. The number of methoxy groups -OCH3 is 1. The van der Waals surface area contributed by atoms with Crippen LogP contribution in [0.2, 0.25) is 5.02 Å². The molecule has 3 rings (SSSR count). The van der Waals surface area contributed by atoms with Gasteiger partial charge in [0, 0.05) is 24.5 Å². The van der Waals surface area contributed by atoms with E-state index in [2.05, 4.69) is 17.4 Å². The molecule has 1 N–H and O–H groups in total. The van der Waals surface area contributed by atoms with E-state index in [1.807, 2.05) is 18.2 Å². The Bertz CT molecular complexity index is 810. The van der Waals surface area contributed by atoms with Gasteiger partial charge in [-0.3, -0.25) is 9.59 Å². The second-order valence-electron chi connectivity index (χ2n) is 6.66. The van der Waals surface area contributed by atoms with Gasteiger partial charge in [-0.1, -0.05) is 41.9 Å². The third kappa shape index (κ3) is 5.01. The Morgan fingerprint density at radius 1 is 1.26 bits per heavy atom. The first-order chi connectivity index (χ1) is 13.1. The molecule has 0 aromatic heterocycles. The number of benzene rings is 2. The fourth-order valence-corrected chi connectivity index (χ4v) is 3.47. The molecule has 142 valence electrons. The van der Waals surface area contributed by atoms with E-state index < -0.39 is 0 Å². The van der Waals surface area contributed by atoms with E-state index >= 15 is 0 Å². The standard InChI is InChI=1S/C21H23ClN2O3/c1-27-19-10-9-17(22)13-18(19)23-21(26)16-12-20(25)24(14-16)11-5-8-15-6-3-2-4-7-15/h2-4,6-7,9-10,13,16H,5,8,11-12,14H2,1H3,(H,23,26). The predicted molar refractivity (Wildman–Crippen MR) is 106 cm³/mol. The number of amides is 2. The summed E-state index contributed by atoms with van der Waals surface area (Å²) in [4.78, 5) is 26.6. The Morgan fingerprint density at radius 3 is 2.78 bits per heavy atom. The number of hydrogen-bond acceptors (Lipinski definition) is 3. The van der Waals surface area contributed by atoms with Crippen molar-refractivity contribution in [3.8, 4) is 5.75 Å². The lowest BCUT2D eigenvalue weighted by Gasteiger charge is -2.17. The van der Waals surface area contributed by atoms with Crippen LogP contribution < -0.4 is 10.1 Å². The van der Waals surface area contributed by atoms with Gasteiger partial charge in [0.1, 0.15) is 5.75 Å². The maximum Gasteiger partial charge on any atom is 0.229 e. The molecular weight excluding hydrogens is 364 g/mol. The summed E-state index contributed by atoms with van der Waals surface area (Å²) in [5, 5.41) is 3.35. The second kappa shape index (κ2) is 8.91. The quantitative estimate of drug-likeness (QED) is 0.788. The van der Waals surface area contributed by atoms with Gasteiger partial charge in [0.2, 0.25) is 11.8 Å². The first kappa shape index (κ1) is 19.2. The summed E-state index contributed by atoms with van der Waals surface area (Å²) in [5.41, 5.74) is 1.77. The number of nitrogens with one attached hydrogen (secondary N) is 1. The lowest BCUT2D eigenvalue weighted by atomic mass is 10.1. The van der Waals surface area contributed by atoms with Crippen LogP contribution in [0, 0.1) is 5.92 Å². The van der Waals surface area contributed by atoms with Crippen LogP contribution in [0.5, 0.6) is 5.75 Å². The molecule has 1 unspecified atom stereocenters. The molecule has 1 aliphatic rings. The number of carbonyl (C=O) groups is 2. The van der Waals surface area contributed by atoms with Gasteiger partial charge in [-0.05, 0) is 36.6 Å². The van der Waals surface area contributed by atoms with Crippen molar-refractivity contribution in [1.82, 2.24) is 4.90 Å². The van der Waals surface area contributed by atoms with Crippen LogP contribution in [0.25, 0.3) is 0 Å². The SMILES string of the molecule is COc1ccc(Cl)cc1NC(=O)C1CC(=O)N(CCCc2ccccc2)C1. The molecule has 5 nitrogen and oxygen atoms in total. The lowest BCUT2D eigenvalue weighted by Crippen LogP contribution is -2.29. The molecule has 2 aromatic carbocycles. The molecule has 27 heavy (non-hydrogen) atoms. The third-order valence-electron chi connectivity index (χ3n) is 4.74. The Balaban J connectivity index is 1.53. The fourth-order valence-electron chi connectivity index (χ4n) is 3.30. The van der Waals surface area contributed by atoms with Crippen LogP contribution >= 0.6 is 11.6 Å². The first-order valence-corrected chi connectivity index (χ1v) is 9.40. The van der Waals surface area contributed by atoms with Crippen LogP contribution in [0.3, 0.4) is 0 Å². The normalized spacial score (nSPS) is 16.4. The van der Waals surface area contributed by atoms with E-state index in [0.29, 0.717) is 29.5 Å². The molecule has 2 amide bonds. The first-order valence-electron chi connectivity index (χ1n) is 9.03. The molecule has 0 radical (unpaired) electrons. The van der Waals surface area contributed by atoms with Crippen LogP contribution in [-0.2, 0) is 16.0 Å². The number of hydrogen-bond donors (Lipinski definition) is 1. The lowest BCUT2D eigenvalue weighted by molar-refractivity contribution is -0.128. The highest BCUT2D eigenvalue weighted by molar-refractivity contribution is 6.31. The summed E-state index contributed by atoms with van der Waals surface area (Å²) in [6.45, 7) is 1.11. The van der Waals surface area contributed by atoms with Gasteiger partial charge in [0.15, 0.2) is 0 Å². The molecule has 1 heterocycles. The van der Waals surface area contributed by atoms with Crippen molar-refractivity contribution in [3.05, 3.63) is 59.1 Å². The number of nitrogens with zero attached hydrogens (tertiary/aromatic N) is 1. The van der Waals surface area contributed by atoms with Crippen molar-refractivity contribution in [1.29, 1.82) is 0 Å². The van der Waals surface area contributed by atoms with Gasteiger partial charge < -0.3 is 15.0 Å². The number of anilines is 1. The minimum Gasteiger partial charge on any atom is -0.495 e. The number of ether oxygens (including phenoxy) is 1. The Labute approximate surface area is 164 Å². The zero-order valence-corrected chi connectivity index (χ0v) is 16.0. The van der Waals surface area contributed by atoms with Gasteiger partial charge in [-0.25, -0.2) is 0 Å². The minimum absolute atomic E-state index is 0.0290. The van der Waals surface area contributed by atoms with Crippen LogP contribution in [0.15, 0.2) is 48.5 Å². The zero-order chi connectivity index (χ0) is 19.2. The maximum absolute atomic E-state index is 12.6. The maximum atomic E-state index is 12.6. The molecule has 6 heteroatoms. The van der Waals surface area contributed by atoms with Gasteiger partial charge in [-0.2, -0.15) is 0 Å². The summed E-state index contributed by atoms with van der Waals surface area (Å²) in [6.07, 6.45) is 2.04. The van der Waals surface area contributed by atoms with Gasteiger partial charge in [-0.15, -0.1) is 0 Å². The molecule has 1 aliphatic heterocycles. The third-order valence-corrected chi connectivity index (χ3v) is 4.98. The molecule has 0 saturated carbocycles. The van der Waals surface area contributed by atoms with E-state index in [9.17, 15) is 9.59 Å². The number of halogens is 1. The fraction of sp³-hybridized carbons (Fsp3) is 0.333. The molecule has 0 aliphatic carbocycles. The molecule has 1 fully saturated rings. The smallest absolute Gasteiger partial charge is 0.229 e. The number of carbonyl (C=O) groups excluding carboxylic acids is 2. The summed E-state index contributed by atoms with van der Waals surface area (Å²) in [6, 6.07) is 15.2. The van der Waals surface area contributed by atoms with E-state index in [1.165, 1.54) is 12.7 Å². The van der Waals surface area contributed by atoms with Crippen molar-refractivity contribution in [2.45, 2.75) is 19.3 Å². The van der Waals surface area contributed by atoms with Gasteiger partial charge in [0.05, 0.1) is 18.7 Å². The summed E-state index contributed by atoms with van der Waals surface area (Å²) < 4.78 is 5.25. The van der Waals surface area contributed by atoms with Crippen LogP contribution in [0.1, 0.15) is 18.4 Å². The average molecular weight is 387 g/mol. The minimum atomic E-state index is -0.363. The number of likely N-dealkylation sites (tertiary alicyclic amines) is 1. The van der Waals surface area contributed by atoms with Crippen molar-refractivity contribution >= 4 is 29.1 Å². The van der Waals surface area contributed by atoms with Crippen LogP contribution in [0.4, 0.5) is 5.69 Å². The summed E-state index contributed by atoms with van der Waals surface area (Å²) >= 11 is 6.00. The van der Waals surface area contributed by atoms with Gasteiger partial charge in [0.25, 0.3) is 0 Å². The highest BCUT2D eigenvalue weighted by Gasteiger charge is 2.34. The Hall–Kier alpha value is -2.53. The number of aryl methyl sites for hydroxylation is 1. The van der Waals surface area contributed by atoms with E-state index in [1.54, 1.807) is 23.1 Å². The summed E-state index contributed by atoms with van der Waals surface area (Å²) in [5.74, 6) is 0.0189. The average Bonchev–Trinajstić information content (AvgIpc) is 3.04. The second-order valence-corrected chi connectivity index (χ2v) is 7.10. The van der Waals surface area contributed by atoms with E-state index in [-0.39, 0.29) is 24.2 Å². The molecule has 0 spiro atoms. The van der Waals surface area contributed by atoms with Crippen LogP contribution in [-0.4, -0.2) is 36.9 Å². The Morgan fingerprint density at radius 2 is 2.04 bits per heavy atom. The largest absolute Gasteiger partial charge is 0.495 e. The summed E-state index contributed by atoms with van der Waals surface area (Å²) in [7, 11) is 1.53. The van der Waals surface area contributed by atoms with Gasteiger partial charge >= 0.3 is 0 Å². The Kier molecular flexibility index (Phi) is 6.35. The van der Waals surface area contributed by atoms with E-state index in [4.69, 9.17) is 16.3 Å². The molecular formula is C21H23ClN2O3. The van der Waals surface area contributed by atoms with Crippen molar-refractivity contribution in [3.63, 3.8) is 0 Å². The topological polar surface area (TPSA) is 58.6 Å². The molecule has 0 bridgehead atoms. The number of rotatable bonds is 7. The highest BCUT2D eigenvalue weighted by Crippen LogP contribution is 2.29. The highest BCUT2D eigenvalue weighted by atomic mass is 35.5. The molecule has 2 aromatic rings. The predicted octanol–water partition coefficient (Wildman–Crippen LogP) is 3.77. The van der Waals surface area contributed by atoms with E-state index in [0.717, 1.165) is 12.8 Å². The molecule has 1 atom stereocenters. The van der Waals surface area contributed by atoms with Crippen molar-refractivity contribution < 1.29 is 14.3 Å². The molecule has 1 saturated heterocycles. The van der Waals surface area contributed by atoms with Crippen molar-refractivity contribution in [2.24, 2.45) is 5.92 Å². The monoisotopic (exact) mass is 386 g/mol. The van der Waals surface area contributed by atoms with Crippen molar-refractivity contribution in [2.75, 3.05) is 25.5 Å².